The van der Waals surface area contributed by atoms with Crippen LogP contribution in [0.1, 0.15) is 21.7 Å². The Kier molecular flexibility index (Phi) is 6.17. The van der Waals surface area contributed by atoms with Crippen molar-refractivity contribution in [2.75, 3.05) is 0 Å². The summed E-state index contributed by atoms with van der Waals surface area (Å²) in [7, 11) is 0. The van der Waals surface area contributed by atoms with E-state index in [4.69, 9.17) is 4.42 Å². The van der Waals surface area contributed by atoms with Gasteiger partial charge in [-0.2, -0.15) is 0 Å². The predicted octanol–water partition coefficient (Wildman–Crippen LogP) is 6.44. The molecule has 2 nitrogen and oxygen atoms in total. The molecule has 0 aliphatic carbocycles. The molecule has 3 aromatic carbocycles. The standard InChI is InChI=1S/C28H20O2SSe/c29-27(20-11-4-1-5-12-20)26-25(24-17-10-18-31-24)23(19-32-22-15-8-3-9-16-22)30-28(26)21-13-6-2-7-14-21/h1-18H,19H2. The fourth-order valence-corrected chi connectivity index (χ4v) is 6.25. The van der Waals surface area contributed by atoms with Gasteiger partial charge >= 0.3 is 198 Å². The van der Waals surface area contributed by atoms with E-state index in [0.717, 1.165) is 27.1 Å². The fraction of sp³-hybridized carbons (Fsp3) is 0.0357. The van der Waals surface area contributed by atoms with Crippen molar-refractivity contribution in [2.24, 2.45) is 0 Å². The van der Waals surface area contributed by atoms with Crippen LogP contribution in [0, 0.1) is 0 Å². The van der Waals surface area contributed by atoms with Crippen LogP contribution in [0.25, 0.3) is 21.8 Å². The number of benzene rings is 3. The van der Waals surface area contributed by atoms with Crippen molar-refractivity contribution in [1.29, 1.82) is 0 Å². The van der Waals surface area contributed by atoms with E-state index in [1.54, 1.807) is 11.3 Å². The molecular weight excluding hydrogens is 479 g/mol. The summed E-state index contributed by atoms with van der Waals surface area (Å²) >= 11 is 1.84. The number of carbonyl (C=O) groups is 1. The number of ketones is 1. The molecule has 0 N–H and O–H groups in total. The molecule has 5 rings (SSSR count). The van der Waals surface area contributed by atoms with Gasteiger partial charge in [-0.3, -0.25) is 0 Å². The molecule has 0 radical (unpaired) electrons. The van der Waals surface area contributed by atoms with E-state index >= 15 is 0 Å². The van der Waals surface area contributed by atoms with Crippen molar-refractivity contribution in [1.82, 2.24) is 0 Å². The molecule has 0 aliphatic heterocycles. The molecule has 0 unspecified atom stereocenters. The molecule has 0 saturated heterocycles. The number of hydrogen-bond donors (Lipinski definition) is 0. The summed E-state index contributed by atoms with van der Waals surface area (Å²) in [6, 6.07) is 34.0. The second-order valence-corrected chi connectivity index (χ2v) is 10.4. The minimum atomic E-state index is -0.00457. The summed E-state index contributed by atoms with van der Waals surface area (Å²) in [5, 5.41) is 2.83. The average molecular weight is 499 g/mol. The van der Waals surface area contributed by atoms with Gasteiger partial charge in [-0.05, 0) is 0 Å². The Morgan fingerprint density at radius 1 is 0.781 bits per heavy atom. The summed E-state index contributed by atoms with van der Waals surface area (Å²) in [6.45, 7) is 0. The van der Waals surface area contributed by atoms with Crippen molar-refractivity contribution < 1.29 is 9.21 Å². The molecule has 4 heteroatoms. The van der Waals surface area contributed by atoms with Gasteiger partial charge in [-0.1, -0.05) is 0 Å². The zero-order chi connectivity index (χ0) is 21.8. The first-order chi connectivity index (χ1) is 15.8. The van der Waals surface area contributed by atoms with Gasteiger partial charge in [-0.25, -0.2) is 0 Å². The quantitative estimate of drug-likeness (QED) is 0.191. The molecule has 0 aliphatic rings. The Labute approximate surface area is 197 Å². The number of furan rings is 1. The molecule has 0 saturated carbocycles. The molecule has 0 fully saturated rings. The monoisotopic (exact) mass is 500 g/mol. The average Bonchev–Trinajstić information content (AvgIpc) is 3.52. The number of carbonyl (C=O) groups excluding carboxylic acids is 1. The zero-order valence-electron chi connectivity index (χ0n) is 17.2. The van der Waals surface area contributed by atoms with E-state index in [0.29, 0.717) is 16.9 Å². The first-order valence-electron chi connectivity index (χ1n) is 10.3. The van der Waals surface area contributed by atoms with Crippen molar-refractivity contribution >= 4 is 36.5 Å². The Morgan fingerprint density at radius 2 is 1.44 bits per heavy atom. The maximum absolute atomic E-state index is 13.8. The van der Waals surface area contributed by atoms with E-state index in [1.165, 1.54) is 4.46 Å². The molecular formula is C28H20O2SSe. The van der Waals surface area contributed by atoms with Crippen LogP contribution in [0.2, 0.25) is 0 Å². The molecule has 0 amide bonds. The van der Waals surface area contributed by atoms with Gasteiger partial charge in [0, 0.05) is 0 Å². The first kappa shape index (κ1) is 20.7. The van der Waals surface area contributed by atoms with Gasteiger partial charge in [0.2, 0.25) is 0 Å². The number of rotatable bonds is 7. The van der Waals surface area contributed by atoms with Crippen molar-refractivity contribution in [3.05, 3.63) is 125 Å². The Morgan fingerprint density at radius 3 is 2.09 bits per heavy atom. The van der Waals surface area contributed by atoms with Crippen LogP contribution in [0.3, 0.4) is 0 Å². The second-order valence-electron chi connectivity index (χ2n) is 7.24. The Bertz CT molecular complexity index is 1310. The summed E-state index contributed by atoms with van der Waals surface area (Å²) < 4.78 is 7.83. The SMILES string of the molecule is O=C(c1ccccc1)c1c(-c2ccccc2)oc(C[Se]c2ccccc2)c1-c1cccs1. The van der Waals surface area contributed by atoms with Gasteiger partial charge in [0.15, 0.2) is 0 Å². The molecule has 156 valence electrons. The molecule has 2 aromatic heterocycles. The summed E-state index contributed by atoms with van der Waals surface area (Å²) in [5.41, 5.74) is 3.18. The first-order valence-corrected chi connectivity index (χ1v) is 13.3. The molecule has 5 aromatic rings. The van der Waals surface area contributed by atoms with Crippen molar-refractivity contribution in [3.63, 3.8) is 0 Å². The van der Waals surface area contributed by atoms with Gasteiger partial charge in [-0.15, -0.1) is 0 Å². The third-order valence-electron chi connectivity index (χ3n) is 5.16. The van der Waals surface area contributed by atoms with Gasteiger partial charge in [0.1, 0.15) is 0 Å². The van der Waals surface area contributed by atoms with E-state index in [1.807, 2.05) is 78.2 Å². The van der Waals surface area contributed by atoms with Crippen molar-refractivity contribution in [2.45, 2.75) is 5.32 Å². The van der Waals surface area contributed by atoms with Gasteiger partial charge in [0.25, 0.3) is 0 Å². The third-order valence-corrected chi connectivity index (χ3v) is 8.17. The van der Waals surface area contributed by atoms with Crippen LogP contribution < -0.4 is 4.46 Å². The van der Waals surface area contributed by atoms with Crippen LogP contribution in [-0.4, -0.2) is 20.7 Å². The minimum absolute atomic E-state index is 0.00457. The number of hydrogen-bond acceptors (Lipinski definition) is 3. The molecule has 0 bridgehead atoms. The van der Waals surface area contributed by atoms with Crippen LogP contribution in [0.5, 0.6) is 0 Å². The summed E-state index contributed by atoms with van der Waals surface area (Å²) in [5.74, 6) is 1.53. The van der Waals surface area contributed by atoms with E-state index in [2.05, 4.69) is 30.3 Å². The van der Waals surface area contributed by atoms with Crippen LogP contribution in [0.4, 0.5) is 0 Å². The van der Waals surface area contributed by atoms with E-state index in [9.17, 15) is 4.79 Å². The third kappa shape index (κ3) is 4.26. The molecule has 32 heavy (non-hydrogen) atoms. The van der Waals surface area contributed by atoms with Crippen LogP contribution in [0.15, 0.2) is 113 Å². The normalized spacial score (nSPS) is 10.9. The summed E-state index contributed by atoms with van der Waals surface area (Å²) in [6.07, 6.45) is 0. The van der Waals surface area contributed by atoms with Gasteiger partial charge in [0.05, 0.1) is 0 Å². The molecule has 0 spiro atoms. The summed E-state index contributed by atoms with van der Waals surface area (Å²) in [4.78, 5) is 14.9. The molecule has 0 atom stereocenters. The maximum atomic E-state index is 13.8. The topological polar surface area (TPSA) is 30.2 Å². The fourth-order valence-electron chi connectivity index (χ4n) is 3.67. The van der Waals surface area contributed by atoms with Crippen LogP contribution in [-0.2, 0) is 5.32 Å². The molecule has 2 heterocycles. The van der Waals surface area contributed by atoms with Gasteiger partial charge < -0.3 is 0 Å². The Hall–Kier alpha value is -3.17. The second kappa shape index (κ2) is 9.54. The number of thiophene rings is 1. The van der Waals surface area contributed by atoms with E-state index in [-0.39, 0.29) is 20.7 Å². The zero-order valence-corrected chi connectivity index (χ0v) is 19.8. The van der Waals surface area contributed by atoms with Crippen LogP contribution >= 0.6 is 11.3 Å². The Balaban J connectivity index is 1.68. The van der Waals surface area contributed by atoms with Crippen molar-refractivity contribution in [3.8, 4) is 21.8 Å². The predicted molar refractivity (Wildman–Crippen MR) is 133 cm³/mol. The van der Waals surface area contributed by atoms with E-state index < -0.39 is 0 Å².